The first-order valence-electron chi connectivity index (χ1n) is 8.53. The van der Waals surface area contributed by atoms with Crippen LogP contribution in [0, 0.1) is 6.92 Å². The Morgan fingerprint density at radius 2 is 1.89 bits per heavy atom. The fourth-order valence-corrected chi connectivity index (χ4v) is 3.01. The van der Waals surface area contributed by atoms with E-state index in [1.165, 1.54) is 4.90 Å². The molecule has 1 unspecified atom stereocenters. The average Bonchev–Trinajstić information content (AvgIpc) is 2.61. The minimum absolute atomic E-state index is 0.0971. The molecule has 0 aliphatic carbocycles. The van der Waals surface area contributed by atoms with Crippen molar-refractivity contribution in [1.82, 2.24) is 10.2 Å². The molecular formula is C20H24BrN3O3. The van der Waals surface area contributed by atoms with E-state index in [0.717, 1.165) is 15.6 Å². The molecule has 3 amide bonds. The molecule has 144 valence electrons. The molecule has 2 aromatic carbocycles. The Bertz CT molecular complexity index is 824. The molecule has 0 aliphatic heterocycles. The number of rotatable bonds is 6. The topological polar surface area (TPSA) is 70.7 Å². The Labute approximate surface area is 168 Å². The Hall–Kier alpha value is -2.54. The minimum atomic E-state index is -0.356. The van der Waals surface area contributed by atoms with E-state index in [1.807, 2.05) is 44.2 Å². The summed E-state index contributed by atoms with van der Waals surface area (Å²) in [6.45, 7) is 3.72. The van der Waals surface area contributed by atoms with Crippen molar-refractivity contribution in [1.29, 1.82) is 0 Å². The third kappa shape index (κ3) is 5.99. The van der Waals surface area contributed by atoms with Crippen LogP contribution in [0.5, 0.6) is 5.75 Å². The summed E-state index contributed by atoms with van der Waals surface area (Å²) in [6, 6.07) is 12.6. The Kier molecular flexibility index (Phi) is 7.24. The standard InChI is InChI=1S/C20H24BrN3O3/c1-13-9-10-17(18(11-13)27-12-19(25)24(3)4)23-20(26)22-14(2)15-7-5-6-8-16(15)21/h5-11,14H,12H2,1-4H3,(H2,22,23,26). The zero-order valence-corrected chi connectivity index (χ0v) is 17.5. The maximum absolute atomic E-state index is 12.4. The zero-order chi connectivity index (χ0) is 20.0. The van der Waals surface area contributed by atoms with Gasteiger partial charge in [0, 0.05) is 18.6 Å². The smallest absolute Gasteiger partial charge is 0.319 e. The van der Waals surface area contributed by atoms with Crippen LogP contribution in [-0.2, 0) is 4.79 Å². The molecule has 6 nitrogen and oxygen atoms in total. The SMILES string of the molecule is Cc1ccc(NC(=O)NC(C)c2ccccc2Br)c(OCC(=O)N(C)C)c1. The predicted molar refractivity (Wildman–Crippen MR) is 110 cm³/mol. The molecule has 0 heterocycles. The number of carbonyl (C=O) groups excluding carboxylic acids is 2. The monoisotopic (exact) mass is 433 g/mol. The second-order valence-corrected chi connectivity index (χ2v) is 7.27. The van der Waals surface area contributed by atoms with E-state index in [2.05, 4.69) is 26.6 Å². The highest BCUT2D eigenvalue weighted by molar-refractivity contribution is 9.10. The van der Waals surface area contributed by atoms with Crippen molar-refractivity contribution in [3.63, 3.8) is 0 Å². The Balaban J connectivity index is 2.06. The van der Waals surface area contributed by atoms with Crippen molar-refractivity contribution in [2.75, 3.05) is 26.0 Å². The molecule has 1 atom stereocenters. The summed E-state index contributed by atoms with van der Waals surface area (Å²) in [7, 11) is 3.33. The lowest BCUT2D eigenvalue weighted by atomic mass is 10.1. The highest BCUT2D eigenvalue weighted by atomic mass is 79.9. The van der Waals surface area contributed by atoms with E-state index in [-0.39, 0.29) is 24.6 Å². The summed E-state index contributed by atoms with van der Waals surface area (Å²) in [5.74, 6) is 0.295. The highest BCUT2D eigenvalue weighted by Crippen LogP contribution is 2.27. The second kappa shape index (κ2) is 9.41. The van der Waals surface area contributed by atoms with Gasteiger partial charge in [-0.15, -0.1) is 0 Å². The van der Waals surface area contributed by atoms with Crippen molar-refractivity contribution in [2.24, 2.45) is 0 Å². The first-order chi connectivity index (χ1) is 12.8. The van der Waals surface area contributed by atoms with Crippen LogP contribution in [0.25, 0.3) is 0 Å². The van der Waals surface area contributed by atoms with Crippen molar-refractivity contribution in [3.8, 4) is 5.75 Å². The number of amides is 3. The van der Waals surface area contributed by atoms with E-state index in [9.17, 15) is 9.59 Å². The molecule has 0 fully saturated rings. The number of benzene rings is 2. The summed E-state index contributed by atoms with van der Waals surface area (Å²) >= 11 is 3.49. The van der Waals surface area contributed by atoms with Crippen molar-refractivity contribution in [2.45, 2.75) is 19.9 Å². The number of halogens is 1. The fourth-order valence-electron chi connectivity index (χ4n) is 2.38. The van der Waals surface area contributed by atoms with Gasteiger partial charge < -0.3 is 20.3 Å². The van der Waals surface area contributed by atoms with Gasteiger partial charge in [-0.1, -0.05) is 40.2 Å². The van der Waals surface area contributed by atoms with Gasteiger partial charge in [-0.3, -0.25) is 4.79 Å². The molecule has 0 bridgehead atoms. The quantitative estimate of drug-likeness (QED) is 0.719. The number of aryl methyl sites for hydroxylation is 1. The normalized spacial score (nSPS) is 11.4. The van der Waals surface area contributed by atoms with Crippen molar-refractivity contribution < 1.29 is 14.3 Å². The molecule has 27 heavy (non-hydrogen) atoms. The number of urea groups is 1. The van der Waals surface area contributed by atoms with Crippen LogP contribution < -0.4 is 15.4 Å². The summed E-state index contributed by atoms with van der Waals surface area (Å²) in [5, 5.41) is 5.70. The molecule has 2 N–H and O–H groups in total. The molecule has 2 aromatic rings. The van der Waals surface area contributed by atoms with E-state index in [1.54, 1.807) is 26.2 Å². The van der Waals surface area contributed by atoms with Gasteiger partial charge >= 0.3 is 6.03 Å². The Morgan fingerprint density at radius 3 is 2.56 bits per heavy atom. The van der Waals surface area contributed by atoms with Gasteiger partial charge in [0.1, 0.15) is 5.75 Å². The van der Waals surface area contributed by atoms with Crippen molar-refractivity contribution >= 4 is 33.6 Å². The largest absolute Gasteiger partial charge is 0.482 e. The van der Waals surface area contributed by atoms with Gasteiger partial charge in [0.05, 0.1) is 11.7 Å². The van der Waals surface area contributed by atoms with Crippen LogP contribution in [0.1, 0.15) is 24.1 Å². The molecule has 0 aromatic heterocycles. The zero-order valence-electron chi connectivity index (χ0n) is 15.9. The lowest BCUT2D eigenvalue weighted by Crippen LogP contribution is -2.32. The van der Waals surface area contributed by atoms with Crippen LogP contribution in [0.4, 0.5) is 10.5 Å². The maximum atomic E-state index is 12.4. The number of nitrogens with one attached hydrogen (secondary N) is 2. The van der Waals surface area contributed by atoms with Gasteiger partial charge in [0.2, 0.25) is 0 Å². The molecule has 2 rings (SSSR count). The predicted octanol–water partition coefficient (Wildman–Crippen LogP) is 4.11. The first-order valence-corrected chi connectivity index (χ1v) is 9.32. The minimum Gasteiger partial charge on any atom is -0.482 e. The second-order valence-electron chi connectivity index (χ2n) is 6.42. The summed E-state index contributed by atoms with van der Waals surface area (Å²) < 4.78 is 6.54. The fraction of sp³-hybridized carbons (Fsp3) is 0.300. The molecule has 0 spiro atoms. The lowest BCUT2D eigenvalue weighted by Gasteiger charge is -2.18. The summed E-state index contributed by atoms with van der Waals surface area (Å²) in [6.07, 6.45) is 0. The molecular weight excluding hydrogens is 410 g/mol. The molecule has 0 saturated heterocycles. The molecule has 7 heteroatoms. The number of carbonyl (C=O) groups is 2. The van der Waals surface area contributed by atoms with E-state index < -0.39 is 0 Å². The van der Waals surface area contributed by atoms with Gasteiger partial charge in [-0.05, 0) is 43.2 Å². The van der Waals surface area contributed by atoms with Crippen LogP contribution in [0.2, 0.25) is 0 Å². The summed E-state index contributed by atoms with van der Waals surface area (Å²) in [5.41, 5.74) is 2.45. The number of ether oxygens (including phenoxy) is 1. The number of hydrogen-bond acceptors (Lipinski definition) is 3. The van der Waals surface area contributed by atoms with E-state index in [4.69, 9.17) is 4.74 Å². The molecule has 0 saturated carbocycles. The first kappa shape index (κ1) is 20.8. The van der Waals surface area contributed by atoms with Crippen LogP contribution in [0.3, 0.4) is 0 Å². The van der Waals surface area contributed by atoms with E-state index in [0.29, 0.717) is 11.4 Å². The number of nitrogens with zero attached hydrogens (tertiary/aromatic N) is 1. The third-order valence-corrected chi connectivity index (χ3v) is 4.68. The molecule has 0 radical (unpaired) electrons. The van der Waals surface area contributed by atoms with Crippen LogP contribution in [-0.4, -0.2) is 37.5 Å². The number of hydrogen-bond donors (Lipinski definition) is 2. The molecule has 0 aliphatic rings. The van der Waals surface area contributed by atoms with Gasteiger partial charge in [0.25, 0.3) is 5.91 Å². The Morgan fingerprint density at radius 1 is 1.19 bits per heavy atom. The van der Waals surface area contributed by atoms with Gasteiger partial charge in [-0.25, -0.2) is 4.79 Å². The van der Waals surface area contributed by atoms with Crippen LogP contribution in [0.15, 0.2) is 46.9 Å². The van der Waals surface area contributed by atoms with Crippen LogP contribution >= 0.6 is 15.9 Å². The van der Waals surface area contributed by atoms with Gasteiger partial charge in [0.15, 0.2) is 6.61 Å². The average molecular weight is 434 g/mol. The summed E-state index contributed by atoms with van der Waals surface area (Å²) in [4.78, 5) is 25.6. The maximum Gasteiger partial charge on any atom is 0.319 e. The van der Waals surface area contributed by atoms with Crippen molar-refractivity contribution in [3.05, 3.63) is 58.1 Å². The highest BCUT2D eigenvalue weighted by Gasteiger charge is 2.15. The number of likely N-dealkylation sites (N-methyl/N-ethyl adjacent to an activating group) is 1. The third-order valence-electron chi connectivity index (χ3n) is 3.95. The number of anilines is 1. The van der Waals surface area contributed by atoms with E-state index >= 15 is 0 Å². The lowest BCUT2D eigenvalue weighted by molar-refractivity contribution is -0.130. The van der Waals surface area contributed by atoms with Gasteiger partial charge in [-0.2, -0.15) is 0 Å².